The van der Waals surface area contributed by atoms with E-state index >= 15 is 0 Å². The number of benzene rings is 1. The van der Waals surface area contributed by atoms with Crippen LogP contribution in [0.1, 0.15) is 0 Å². The quantitative estimate of drug-likeness (QED) is 0.684. The van der Waals surface area contributed by atoms with Gasteiger partial charge < -0.3 is 5.73 Å². The second kappa shape index (κ2) is 4.80. The summed E-state index contributed by atoms with van der Waals surface area (Å²) in [5.74, 6) is -0.342. The van der Waals surface area contributed by atoms with Gasteiger partial charge >= 0.3 is 0 Å². The molecule has 1 aromatic carbocycles. The zero-order chi connectivity index (χ0) is 11.5. The first kappa shape index (κ1) is 11.3. The fraction of sp³-hybridized carbons (Fsp3) is 0. The summed E-state index contributed by atoms with van der Waals surface area (Å²) in [6.07, 6.45) is 3.06. The Morgan fingerprint density at radius 1 is 1.38 bits per heavy atom. The molecule has 0 aliphatic heterocycles. The lowest BCUT2D eigenvalue weighted by molar-refractivity contribution is 0.618. The van der Waals surface area contributed by atoms with Crippen LogP contribution in [0.5, 0.6) is 0 Å². The van der Waals surface area contributed by atoms with Crippen LogP contribution in [0.15, 0.2) is 45.1 Å². The number of aromatic nitrogens is 2. The molecular formula is C10H7BrFN3S. The smallest absolute Gasteiger partial charge is 0.138 e. The molecule has 3 nitrogen and oxygen atoms in total. The fourth-order valence-corrected chi connectivity index (χ4v) is 2.24. The minimum atomic E-state index is -0.342. The van der Waals surface area contributed by atoms with E-state index in [1.165, 1.54) is 24.2 Å². The van der Waals surface area contributed by atoms with Gasteiger partial charge in [0.15, 0.2) is 0 Å². The molecule has 0 amide bonds. The van der Waals surface area contributed by atoms with E-state index in [2.05, 4.69) is 25.9 Å². The Morgan fingerprint density at radius 3 is 2.88 bits per heavy atom. The maximum absolute atomic E-state index is 13.3. The van der Waals surface area contributed by atoms with Gasteiger partial charge in [-0.1, -0.05) is 11.8 Å². The van der Waals surface area contributed by atoms with Crippen molar-refractivity contribution in [1.82, 2.24) is 9.97 Å². The highest BCUT2D eigenvalue weighted by atomic mass is 79.9. The average molecular weight is 300 g/mol. The second-order valence-corrected chi connectivity index (χ2v) is 4.87. The summed E-state index contributed by atoms with van der Waals surface area (Å²) < 4.78 is 13.7. The van der Waals surface area contributed by atoms with E-state index in [1.807, 2.05) is 0 Å². The highest BCUT2D eigenvalue weighted by Crippen LogP contribution is 2.33. The maximum atomic E-state index is 13.3. The molecule has 0 saturated heterocycles. The first-order valence-corrected chi connectivity index (χ1v) is 5.96. The molecule has 2 aromatic rings. The fourth-order valence-electron chi connectivity index (χ4n) is 1.08. The van der Waals surface area contributed by atoms with E-state index in [0.29, 0.717) is 15.1 Å². The van der Waals surface area contributed by atoms with Crippen molar-refractivity contribution in [2.24, 2.45) is 0 Å². The van der Waals surface area contributed by atoms with Crippen molar-refractivity contribution in [3.8, 4) is 0 Å². The van der Waals surface area contributed by atoms with Crippen LogP contribution in [-0.2, 0) is 0 Å². The number of nitrogen functional groups attached to an aromatic ring is 1. The normalized spacial score (nSPS) is 10.4. The van der Waals surface area contributed by atoms with Crippen LogP contribution in [0.4, 0.5) is 10.1 Å². The van der Waals surface area contributed by atoms with Crippen molar-refractivity contribution in [2.45, 2.75) is 9.92 Å². The lowest BCUT2D eigenvalue weighted by atomic mass is 10.3. The van der Waals surface area contributed by atoms with Gasteiger partial charge in [-0.15, -0.1) is 0 Å². The largest absolute Gasteiger partial charge is 0.398 e. The molecule has 82 valence electrons. The average Bonchev–Trinajstić information content (AvgIpc) is 2.27. The van der Waals surface area contributed by atoms with Crippen LogP contribution in [-0.4, -0.2) is 9.97 Å². The van der Waals surface area contributed by atoms with Crippen LogP contribution in [0.3, 0.4) is 0 Å². The maximum Gasteiger partial charge on any atom is 0.138 e. The van der Waals surface area contributed by atoms with Crippen LogP contribution in [0.2, 0.25) is 0 Å². The number of nitrogens with two attached hydrogens (primary N) is 1. The SMILES string of the molecule is Nc1cc(Br)c(F)cc1Sc1ccncn1. The van der Waals surface area contributed by atoms with Crippen LogP contribution >= 0.6 is 27.7 Å². The molecule has 0 spiro atoms. The number of hydrogen-bond donors (Lipinski definition) is 1. The minimum Gasteiger partial charge on any atom is -0.398 e. The summed E-state index contributed by atoms with van der Waals surface area (Å²) in [5.41, 5.74) is 6.29. The Balaban J connectivity index is 2.32. The summed E-state index contributed by atoms with van der Waals surface area (Å²) in [4.78, 5) is 8.47. The number of halogens is 2. The van der Waals surface area contributed by atoms with Gasteiger partial charge in [0, 0.05) is 16.8 Å². The highest BCUT2D eigenvalue weighted by molar-refractivity contribution is 9.10. The van der Waals surface area contributed by atoms with Crippen molar-refractivity contribution < 1.29 is 4.39 Å². The van der Waals surface area contributed by atoms with E-state index in [4.69, 9.17) is 5.73 Å². The number of hydrogen-bond acceptors (Lipinski definition) is 4. The molecule has 16 heavy (non-hydrogen) atoms. The van der Waals surface area contributed by atoms with Gasteiger partial charge in [-0.3, -0.25) is 0 Å². The molecule has 0 atom stereocenters. The van der Waals surface area contributed by atoms with E-state index < -0.39 is 0 Å². The lowest BCUT2D eigenvalue weighted by Crippen LogP contribution is -1.91. The zero-order valence-corrected chi connectivity index (χ0v) is 10.4. The molecule has 2 N–H and O–H groups in total. The molecule has 1 heterocycles. The van der Waals surface area contributed by atoms with E-state index in [0.717, 1.165) is 5.03 Å². The van der Waals surface area contributed by atoms with Gasteiger partial charge in [0.2, 0.25) is 0 Å². The van der Waals surface area contributed by atoms with Crippen LogP contribution in [0, 0.1) is 5.82 Å². The first-order valence-electron chi connectivity index (χ1n) is 4.35. The van der Waals surface area contributed by atoms with Crippen molar-refractivity contribution >= 4 is 33.4 Å². The van der Waals surface area contributed by atoms with Crippen molar-refractivity contribution in [3.63, 3.8) is 0 Å². The van der Waals surface area contributed by atoms with Gasteiger partial charge in [-0.25, -0.2) is 14.4 Å². The van der Waals surface area contributed by atoms with Gasteiger partial charge in [0.25, 0.3) is 0 Å². The molecule has 0 aliphatic rings. The van der Waals surface area contributed by atoms with Gasteiger partial charge in [0.05, 0.1) is 4.47 Å². The molecule has 0 bridgehead atoms. The Bertz CT molecular complexity index is 507. The number of nitrogens with zero attached hydrogens (tertiary/aromatic N) is 2. The Morgan fingerprint density at radius 2 is 2.19 bits per heavy atom. The van der Waals surface area contributed by atoms with Crippen molar-refractivity contribution in [1.29, 1.82) is 0 Å². The summed E-state index contributed by atoms with van der Waals surface area (Å²) >= 11 is 4.38. The van der Waals surface area contributed by atoms with Crippen LogP contribution < -0.4 is 5.73 Å². The van der Waals surface area contributed by atoms with E-state index in [1.54, 1.807) is 18.3 Å². The van der Waals surface area contributed by atoms with Gasteiger partial charge in [0.1, 0.15) is 17.2 Å². The molecule has 0 fully saturated rings. The zero-order valence-electron chi connectivity index (χ0n) is 8.02. The topological polar surface area (TPSA) is 51.8 Å². The molecule has 6 heteroatoms. The van der Waals surface area contributed by atoms with E-state index in [9.17, 15) is 4.39 Å². The first-order chi connectivity index (χ1) is 7.66. The summed E-state index contributed by atoms with van der Waals surface area (Å²) in [5, 5.41) is 0.725. The minimum absolute atomic E-state index is 0.342. The van der Waals surface area contributed by atoms with Crippen molar-refractivity contribution in [3.05, 3.63) is 41.0 Å². The van der Waals surface area contributed by atoms with Crippen LogP contribution in [0.25, 0.3) is 0 Å². The third kappa shape index (κ3) is 2.51. The monoisotopic (exact) mass is 299 g/mol. The Hall–Kier alpha value is -1.14. The summed E-state index contributed by atoms with van der Waals surface area (Å²) in [6.45, 7) is 0. The molecule has 0 saturated carbocycles. The van der Waals surface area contributed by atoms with Gasteiger partial charge in [-0.05, 0) is 34.1 Å². The van der Waals surface area contributed by atoms with E-state index in [-0.39, 0.29) is 5.82 Å². The van der Waals surface area contributed by atoms with Crippen molar-refractivity contribution in [2.75, 3.05) is 5.73 Å². The third-order valence-corrected chi connectivity index (χ3v) is 3.45. The number of anilines is 1. The third-order valence-electron chi connectivity index (χ3n) is 1.82. The number of rotatable bonds is 2. The molecule has 0 unspecified atom stereocenters. The molecular weight excluding hydrogens is 293 g/mol. The molecule has 0 radical (unpaired) electrons. The predicted octanol–water partition coefficient (Wildman–Crippen LogP) is 3.11. The molecule has 2 rings (SSSR count). The standard InChI is InChI=1S/C10H7BrFN3S/c11-6-3-8(13)9(4-7(6)12)16-10-1-2-14-5-15-10/h1-5H,13H2. The lowest BCUT2D eigenvalue weighted by Gasteiger charge is -2.05. The second-order valence-electron chi connectivity index (χ2n) is 2.95. The highest BCUT2D eigenvalue weighted by Gasteiger charge is 2.07. The Kier molecular flexibility index (Phi) is 3.40. The van der Waals surface area contributed by atoms with Gasteiger partial charge in [-0.2, -0.15) is 0 Å². The molecule has 0 aliphatic carbocycles. The predicted molar refractivity (Wildman–Crippen MR) is 64.7 cm³/mol. The summed E-state index contributed by atoms with van der Waals surface area (Å²) in [6, 6.07) is 4.66. The Labute approximate surface area is 104 Å². The summed E-state index contributed by atoms with van der Waals surface area (Å²) in [7, 11) is 0. The molecule has 1 aromatic heterocycles.